The lowest BCUT2D eigenvalue weighted by Gasteiger charge is -2.13. The Hall–Kier alpha value is -1.44. The summed E-state index contributed by atoms with van der Waals surface area (Å²) in [5.41, 5.74) is 3.27. The van der Waals surface area contributed by atoms with Crippen LogP contribution in [-0.2, 0) is 4.79 Å². The average molecular weight is 523 g/mol. The molecule has 146 valence electrons. The molecule has 1 aliphatic rings. The van der Waals surface area contributed by atoms with Crippen LogP contribution >= 0.6 is 43.6 Å². The Labute approximate surface area is 186 Å². The first-order chi connectivity index (χ1) is 13.3. The van der Waals surface area contributed by atoms with Crippen LogP contribution in [-0.4, -0.2) is 28.1 Å². The highest BCUT2D eigenvalue weighted by Crippen LogP contribution is 2.30. The summed E-state index contributed by atoms with van der Waals surface area (Å²) in [6, 6.07) is 13.8. The first-order valence-corrected chi connectivity index (χ1v) is 11.5. The number of carbonyl (C=O) groups excluding carboxylic acids is 1. The van der Waals surface area contributed by atoms with Crippen LogP contribution < -0.4 is 5.32 Å². The number of amides is 1. The average Bonchev–Trinajstić information content (AvgIpc) is 3.01. The van der Waals surface area contributed by atoms with Gasteiger partial charge in [0.25, 0.3) is 0 Å². The van der Waals surface area contributed by atoms with Crippen LogP contribution in [0, 0.1) is 6.92 Å². The maximum atomic E-state index is 12.4. The van der Waals surface area contributed by atoms with E-state index in [9.17, 15) is 4.79 Å². The molecule has 28 heavy (non-hydrogen) atoms. The van der Waals surface area contributed by atoms with Crippen molar-refractivity contribution in [1.29, 1.82) is 0 Å². The zero-order valence-corrected chi connectivity index (χ0v) is 19.9. The van der Waals surface area contributed by atoms with Crippen LogP contribution in [0.5, 0.6) is 0 Å². The number of aryl methyl sites for hydroxylation is 1. The van der Waals surface area contributed by atoms with Gasteiger partial charge in [0.2, 0.25) is 5.91 Å². The van der Waals surface area contributed by atoms with E-state index in [-0.39, 0.29) is 11.7 Å². The molecule has 0 unspecified atom stereocenters. The molecule has 7 heteroatoms. The Morgan fingerprint density at radius 1 is 1.14 bits per heavy atom. The van der Waals surface area contributed by atoms with Gasteiger partial charge in [-0.3, -0.25) is 9.79 Å². The number of rotatable bonds is 5. The third-order valence-corrected chi connectivity index (χ3v) is 6.85. The van der Waals surface area contributed by atoms with E-state index >= 15 is 0 Å². The van der Waals surface area contributed by atoms with E-state index in [1.807, 2.05) is 56.3 Å². The van der Waals surface area contributed by atoms with Gasteiger partial charge in [0.15, 0.2) is 0 Å². The Morgan fingerprint density at radius 3 is 2.50 bits per heavy atom. The second kappa shape index (κ2) is 8.93. The summed E-state index contributed by atoms with van der Waals surface area (Å²) >= 11 is 8.37. The summed E-state index contributed by atoms with van der Waals surface area (Å²) in [5, 5.41) is 3.76. The molecule has 1 amide bonds. The maximum Gasteiger partial charge on any atom is 0.234 e. The van der Waals surface area contributed by atoms with Gasteiger partial charge in [0, 0.05) is 20.2 Å². The number of anilines is 1. The van der Waals surface area contributed by atoms with Crippen molar-refractivity contribution < 1.29 is 4.79 Å². The van der Waals surface area contributed by atoms with Crippen molar-refractivity contribution in [2.24, 2.45) is 9.98 Å². The highest BCUT2D eigenvalue weighted by molar-refractivity contribution is 9.10. The number of nitrogens with one attached hydrogen (secondary N) is 1. The molecule has 4 nitrogen and oxygen atoms in total. The molecular formula is C21H21Br2N3OS. The van der Waals surface area contributed by atoms with Crippen LogP contribution in [0.15, 0.2) is 61.4 Å². The molecule has 0 aliphatic carbocycles. The summed E-state index contributed by atoms with van der Waals surface area (Å²) < 4.78 is 2.04. The number of nitrogens with zero attached hydrogens (tertiary/aromatic N) is 2. The van der Waals surface area contributed by atoms with Crippen LogP contribution in [0.4, 0.5) is 5.69 Å². The van der Waals surface area contributed by atoms with E-state index in [1.165, 1.54) is 11.8 Å². The maximum absolute atomic E-state index is 12.4. The first-order valence-electron chi connectivity index (χ1n) is 8.94. The van der Waals surface area contributed by atoms with E-state index in [0.717, 1.165) is 42.9 Å². The fourth-order valence-corrected chi connectivity index (χ4v) is 4.11. The topological polar surface area (TPSA) is 53.8 Å². The van der Waals surface area contributed by atoms with Crippen molar-refractivity contribution in [3.8, 4) is 0 Å². The van der Waals surface area contributed by atoms with E-state index < -0.39 is 5.66 Å². The number of benzene rings is 2. The Bertz CT molecular complexity index is 957. The molecule has 0 saturated heterocycles. The highest BCUT2D eigenvalue weighted by Gasteiger charge is 2.31. The molecule has 0 saturated carbocycles. The van der Waals surface area contributed by atoms with Crippen molar-refractivity contribution in [2.75, 3.05) is 11.1 Å². The third-order valence-electron chi connectivity index (χ3n) is 4.47. The Kier molecular flexibility index (Phi) is 6.78. The molecule has 0 spiro atoms. The standard InChI is InChI=1S/C21H21Br2N3OS/c1-4-21(3)25-19(14-5-7-15(22)8-6-14)20(26-21)28-12-18(27)24-16-9-10-17(23)13(2)11-16/h5-11H,4,12H2,1-3H3,(H,24,27)/t21-/m0/s1. The van der Waals surface area contributed by atoms with Crippen LogP contribution in [0.1, 0.15) is 31.4 Å². The smallest absolute Gasteiger partial charge is 0.234 e. The molecule has 0 bridgehead atoms. The van der Waals surface area contributed by atoms with Gasteiger partial charge < -0.3 is 5.32 Å². The molecule has 1 aliphatic heterocycles. The van der Waals surface area contributed by atoms with Gasteiger partial charge in [-0.05, 0) is 56.2 Å². The molecule has 2 aromatic rings. The molecule has 1 heterocycles. The van der Waals surface area contributed by atoms with Gasteiger partial charge in [-0.15, -0.1) is 0 Å². The van der Waals surface area contributed by atoms with Crippen molar-refractivity contribution in [3.05, 3.63) is 62.5 Å². The van der Waals surface area contributed by atoms with Crippen LogP contribution in [0.3, 0.4) is 0 Å². The van der Waals surface area contributed by atoms with E-state index in [2.05, 4.69) is 44.1 Å². The molecule has 1 atom stereocenters. The Morgan fingerprint density at radius 2 is 1.86 bits per heavy atom. The molecule has 3 rings (SSSR count). The van der Waals surface area contributed by atoms with Crippen molar-refractivity contribution in [3.63, 3.8) is 0 Å². The monoisotopic (exact) mass is 521 g/mol. The van der Waals surface area contributed by atoms with E-state index in [1.54, 1.807) is 0 Å². The second-order valence-corrected chi connectivity index (χ2v) is 9.49. The molecule has 2 aromatic carbocycles. The quantitative estimate of drug-likeness (QED) is 0.506. The zero-order chi connectivity index (χ0) is 20.3. The van der Waals surface area contributed by atoms with E-state index in [0.29, 0.717) is 0 Å². The number of carbonyl (C=O) groups is 1. The number of aliphatic imine (C=N–C) groups is 2. The fourth-order valence-electron chi connectivity index (χ4n) is 2.69. The SMILES string of the molecule is CC[C@]1(C)N=C(SCC(=O)Nc2ccc(Br)c(C)c2)C(c2ccc(Br)cc2)=N1. The van der Waals surface area contributed by atoms with Gasteiger partial charge in [0.1, 0.15) is 10.7 Å². The lowest BCUT2D eigenvalue weighted by atomic mass is 10.1. The number of halogens is 2. The molecule has 0 fully saturated rings. The minimum Gasteiger partial charge on any atom is -0.325 e. The summed E-state index contributed by atoms with van der Waals surface area (Å²) in [5.74, 6) is 0.221. The molecule has 0 radical (unpaired) electrons. The lowest BCUT2D eigenvalue weighted by molar-refractivity contribution is -0.113. The van der Waals surface area contributed by atoms with E-state index in [4.69, 9.17) is 9.98 Å². The van der Waals surface area contributed by atoms with Crippen molar-refractivity contribution >= 4 is 66.0 Å². The van der Waals surface area contributed by atoms with Gasteiger partial charge in [-0.1, -0.05) is 62.7 Å². The fraction of sp³-hybridized carbons (Fsp3) is 0.286. The largest absolute Gasteiger partial charge is 0.325 e. The Balaban J connectivity index is 1.71. The summed E-state index contributed by atoms with van der Waals surface area (Å²) in [7, 11) is 0. The lowest BCUT2D eigenvalue weighted by Crippen LogP contribution is -2.17. The number of thioether (sulfide) groups is 1. The second-order valence-electron chi connectivity index (χ2n) is 6.76. The minimum atomic E-state index is -0.468. The summed E-state index contributed by atoms with van der Waals surface area (Å²) in [6.45, 7) is 6.08. The van der Waals surface area contributed by atoms with Crippen LogP contribution in [0.25, 0.3) is 0 Å². The highest BCUT2D eigenvalue weighted by atomic mass is 79.9. The first kappa shape index (κ1) is 21.3. The number of hydrogen-bond acceptors (Lipinski definition) is 4. The van der Waals surface area contributed by atoms with Crippen molar-refractivity contribution in [2.45, 2.75) is 32.9 Å². The number of hydrogen-bond donors (Lipinski definition) is 1. The minimum absolute atomic E-state index is 0.0605. The zero-order valence-electron chi connectivity index (χ0n) is 15.9. The summed E-state index contributed by atoms with van der Waals surface area (Å²) in [4.78, 5) is 22.1. The predicted octanol–water partition coefficient (Wildman–Crippen LogP) is 6.22. The molecule has 0 aromatic heterocycles. The third kappa shape index (κ3) is 5.13. The van der Waals surface area contributed by atoms with Gasteiger partial charge in [-0.2, -0.15) is 0 Å². The van der Waals surface area contributed by atoms with Crippen molar-refractivity contribution in [1.82, 2.24) is 0 Å². The molecular weight excluding hydrogens is 502 g/mol. The predicted molar refractivity (Wildman–Crippen MR) is 127 cm³/mol. The van der Waals surface area contributed by atoms with Gasteiger partial charge in [-0.25, -0.2) is 4.99 Å². The molecule has 1 N–H and O–H groups in total. The normalized spacial score (nSPS) is 18.6. The van der Waals surface area contributed by atoms with Gasteiger partial charge >= 0.3 is 0 Å². The van der Waals surface area contributed by atoms with Crippen LogP contribution in [0.2, 0.25) is 0 Å². The summed E-state index contributed by atoms with van der Waals surface area (Å²) in [6.07, 6.45) is 0.807. The van der Waals surface area contributed by atoms with Gasteiger partial charge in [0.05, 0.1) is 11.5 Å².